The molecular weight excluding hydrogens is 206 g/mol. The maximum absolute atomic E-state index is 4.21. The van der Waals surface area contributed by atoms with Crippen LogP contribution in [0.2, 0.25) is 0 Å². The van der Waals surface area contributed by atoms with Gasteiger partial charge in [-0.25, -0.2) is 0 Å². The lowest BCUT2D eigenvalue weighted by atomic mass is 10.2. The second-order valence-electron chi connectivity index (χ2n) is 3.87. The smallest absolute Gasteiger partial charge is 0.191 e. The zero-order valence-electron chi connectivity index (χ0n) is 9.88. The van der Waals surface area contributed by atoms with Crippen molar-refractivity contribution in [2.45, 2.75) is 37.9 Å². The van der Waals surface area contributed by atoms with Crippen LogP contribution in [-0.4, -0.2) is 37.1 Å². The van der Waals surface area contributed by atoms with Crippen LogP contribution < -0.4 is 10.6 Å². The standard InChI is InChI=1S/C11H23N3S/c1-3-4-7-13-11(12-2)14-9-10-6-5-8-15-10/h10H,3-9H2,1-2H3,(H2,12,13,14). The number of nitrogens with one attached hydrogen (secondary N) is 2. The minimum Gasteiger partial charge on any atom is -0.356 e. The van der Waals surface area contributed by atoms with Gasteiger partial charge in [-0.3, -0.25) is 4.99 Å². The lowest BCUT2D eigenvalue weighted by Crippen LogP contribution is -2.40. The number of hydrogen-bond acceptors (Lipinski definition) is 2. The van der Waals surface area contributed by atoms with Crippen molar-refractivity contribution in [1.29, 1.82) is 0 Å². The zero-order valence-corrected chi connectivity index (χ0v) is 10.7. The number of unbranched alkanes of at least 4 members (excludes halogenated alkanes) is 1. The predicted molar refractivity (Wildman–Crippen MR) is 69.8 cm³/mol. The van der Waals surface area contributed by atoms with E-state index in [1.54, 1.807) is 0 Å². The molecule has 1 aliphatic heterocycles. The Kier molecular flexibility index (Phi) is 6.64. The van der Waals surface area contributed by atoms with E-state index in [-0.39, 0.29) is 0 Å². The Bertz CT molecular complexity index is 188. The quantitative estimate of drug-likeness (QED) is 0.429. The fourth-order valence-corrected chi connectivity index (χ4v) is 2.82. The maximum atomic E-state index is 4.21. The van der Waals surface area contributed by atoms with E-state index in [0.29, 0.717) is 0 Å². The number of aliphatic imine (C=N–C) groups is 1. The summed E-state index contributed by atoms with van der Waals surface area (Å²) < 4.78 is 0. The molecule has 1 rings (SSSR count). The molecule has 0 bridgehead atoms. The van der Waals surface area contributed by atoms with Crippen molar-refractivity contribution >= 4 is 17.7 Å². The third-order valence-corrected chi connectivity index (χ3v) is 3.97. The minimum absolute atomic E-state index is 0.787. The molecule has 1 unspecified atom stereocenters. The summed E-state index contributed by atoms with van der Waals surface area (Å²) in [4.78, 5) is 4.21. The van der Waals surface area contributed by atoms with Gasteiger partial charge in [0.05, 0.1) is 0 Å². The highest BCUT2D eigenvalue weighted by Crippen LogP contribution is 2.25. The molecule has 2 N–H and O–H groups in total. The first-order valence-corrected chi connectivity index (χ1v) is 6.97. The first kappa shape index (κ1) is 12.7. The van der Waals surface area contributed by atoms with Gasteiger partial charge in [-0.2, -0.15) is 11.8 Å². The number of thioether (sulfide) groups is 1. The molecule has 15 heavy (non-hydrogen) atoms. The Morgan fingerprint density at radius 2 is 2.33 bits per heavy atom. The Morgan fingerprint density at radius 1 is 1.47 bits per heavy atom. The summed E-state index contributed by atoms with van der Waals surface area (Å²) in [6.07, 6.45) is 5.16. The maximum Gasteiger partial charge on any atom is 0.191 e. The average molecular weight is 229 g/mol. The molecular formula is C11H23N3S. The molecule has 0 saturated carbocycles. The topological polar surface area (TPSA) is 36.4 Å². The molecule has 0 spiro atoms. The number of hydrogen-bond donors (Lipinski definition) is 2. The minimum atomic E-state index is 0.787. The van der Waals surface area contributed by atoms with E-state index in [1.165, 1.54) is 31.4 Å². The van der Waals surface area contributed by atoms with Gasteiger partial charge in [0, 0.05) is 25.4 Å². The highest BCUT2D eigenvalue weighted by molar-refractivity contribution is 8.00. The summed E-state index contributed by atoms with van der Waals surface area (Å²) in [7, 11) is 1.84. The van der Waals surface area contributed by atoms with Gasteiger partial charge in [-0.15, -0.1) is 0 Å². The molecule has 88 valence electrons. The van der Waals surface area contributed by atoms with E-state index < -0.39 is 0 Å². The molecule has 0 aromatic heterocycles. The van der Waals surface area contributed by atoms with E-state index in [4.69, 9.17) is 0 Å². The molecule has 1 saturated heterocycles. The lowest BCUT2D eigenvalue weighted by Gasteiger charge is -2.14. The Balaban J connectivity index is 2.10. The van der Waals surface area contributed by atoms with Gasteiger partial charge in [-0.1, -0.05) is 13.3 Å². The van der Waals surface area contributed by atoms with Crippen LogP contribution in [0.5, 0.6) is 0 Å². The molecule has 0 aromatic carbocycles. The van der Waals surface area contributed by atoms with Crippen molar-refractivity contribution in [3.63, 3.8) is 0 Å². The van der Waals surface area contributed by atoms with Gasteiger partial charge in [-0.05, 0) is 25.0 Å². The zero-order chi connectivity index (χ0) is 10.9. The Hall–Kier alpha value is -0.380. The molecule has 0 aromatic rings. The fraction of sp³-hybridized carbons (Fsp3) is 0.909. The van der Waals surface area contributed by atoms with Crippen LogP contribution in [0.1, 0.15) is 32.6 Å². The third kappa shape index (κ3) is 5.30. The second-order valence-corrected chi connectivity index (χ2v) is 5.28. The van der Waals surface area contributed by atoms with E-state index in [1.807, 2.05) is 7.05 Å². The molecule has 1 fully saturated rings. The van der Waals surface area contributed by atoms with E-state index >= 15 is 0 Å². The van der Waals surface area contributed by atoms with Crippen LogP contribution in [0.25, 0.3) is 0 Å². The van der Waals surface area contributed by atoms with Gasteiger partial charge in [0.1, 0.15) is 0 Å². The Labute approximate surface area is 97.5 Å². The van der Waals surface area contributed by atoms with Crippen molar-refractivity contribution in [2.24, 2.45) is 4.99 Å². The average Bonchev–Trinajstić information content (AvgIpc) is 2.76. The van der Waals surface area contributed by atoms with Gasteiger partial charge in [0.2, 0.25) is 0 Å². The Morgan fingerprint density at radius 3 is 2.93 bits per heavy atom. The van der Waals surface area contributed by atoms with Crippen LogP contribution in [0, 0.1) is 0 Å². The molecule has 0 amide bonds. The van der Waals surface area contributed by atoms with Crippen molar-refractivity contribution in [3.8, 4) is 0 Å². The van der Waals surface area contributed by atoms with Crippen LogP contribution >= 0.6 is 11.8 Å². The van der Waals surface area contributed by atoms with Crippen molar-refractivity contribution < 1.29 is 0 Å². The fourth-order valence-electron chi connectivity index (χ4n) is 1.62. The summed E-state index contributed by atoms with van der Waals surface area (Å²) in [5.74, 6) is 2.28. The number of nitrogens with zero attached hydrogens (tertiary/aromatic N) is 1. The molecule has 1 heterocycles. The SMILES string of the molecule is CCCCNC(=NC)NCC1CCCS1. The van der Waals surface area contributed by atoms with E-state index in [2.05, 4.69) is 34.3 Å². The van der Waals surface area contributed by atoms with Gasteiger partial charge >= 0.3 is 0 Å². The van der Waals surface area contributed by atoms with E-state index in [9.17, 15) is 0 Å². The molecule has 1 atom stereocenters. The molecule has 0 aliphatic carbocycles. The second kappa shape index (κ2) is 7.85. The summed E-state index contributed by atoms with van der Waals surface area (Å²) in [6, 6.07) is 0. The highest BCUT2D eigenvalue weighted by atomic mass is 32.2. The summed E-state index contributed by atoms with van der Waals surface area (Å²) >= 11 is 2.08. The van der Waals surface area contributed by atoms with Crippen molar-refractivity contribution in [1.82, 2.24) is 10.6 Å². The summed E-state index contributed by atoms with van der Waals surface area (Å²) in [6.45, 7) is 4.28. The molecule has 0 radical (unpaired) electrons. The monoisotopic (exact) mass is 229 g/mol. The van der Waals surface area contributed by atoms with Crippen LogP contribution in [-0.2, 0) is 0 Å². The van der Waals surface area contributed by atoms with Crippen molar-refractivity contribution in [2.75, 3.05) is 25.9 Å². The van der Waals surface area contributed by atoms with Crippen LogP contribution in [0.4, 0.5) is 0 Å². The van der Waals surface area contributed by atoms with Gasteiger partial charge in [0.15, 0.2) is 5.96 Å². The molecule has 4 heteroatoms. The molecule has 3 nitrogen and oxygen atoms in total. The normalized spacial score (nSPS) is 21.7. The van der Waals surface area contributed by atoms with Gasteiger partial charge < -0.3 is 10.6 Å². The van der Waals surface area contributed by atoms with Crippen LogP contribution in [0.3, 0.4) is 0 Å². The summed E-state index contributed by atoms with van der Waals surface area (Å²) in [5, 5.41) is 7.50. The molecule has 1 aliphatic rings. The first-order valence-electron chi connectivity index (χ1n) is 5.93. The predicted octanol–water partition coefficient (Wildman–Crippen LogP) is 1.85. The van der Waals surface area contributed by atoms with Crippen molar-refractivity contribution in [3.05, 3.63) is 0 Å². The van der Waals surface area contributed by atoms with Crippen LogP contribution in [0.15, 0.2) is 4.99 Å². The third-order valence-electron chi connectivity index (χ3n) is 2.57. The number of rotatable bonds is 5. The summed E-state index contributed by atoms with van der Waals surface area (Å²) in [5.41, 5.74) is 0. The van der Waals surface area contributed by atoms with E-state index in [0.717, 1.165) is 24.3 Å². The first-order chi connectivity index (χ1) is 7.36. The number of guanidine groups is 1. The largest absolute Gasteiger partial charge is 0.356 e. The highest BCUT2D eigenvalue weighted by Gasteiger charge is 2.15. The lowest BCUT2D eigenvalue weighted by molar-refractivity contribution is 0.704. The van der Waals surface area contributed by atoms with Gasteiger partial charge in [0.25, 0.3) is 0 Å².